The molecule has 150 valence electrons. The molecule has 0 radical (unpaired) electrons. The number of rotatable bonds is 7. The van der Waals surface area contributed by atoms with Gasteiger partial charge in [-0.2, -0.15) is 0 Å². The molecule has 1 saturated heterocycles. The predicted octanol–water partition coefficient (Wildman–Crippen LogP) is 3.41. The van der Waals surface area contributed by atoms with E-state index in [9.17, 15) is 14.4 Å². The summed E-state index contributed by atoms with van der Waals surface area (Å²) in [5.74, 6) is -0.591. The molecule has 0 aromatic heterocycles. The quantitative estimate of drug-likeness (QED) is 0.687. The first kappa shape index (κ1) is 20.3. The lowest BCUT2D eigenvalue weighted by molar-refractivity contribution is -0.139. The van der Waals surface area contributed by atoms with Crippen LogP contribution in [0.4, 0.5) is 10.5 Å². The minimum Gasteiger partial charge on any atom is -0.495 e. The highest BCUT2D eigenvalue weighted by molar-refractivity contribution is 8.19. The van der Waals surface area contributed by atoms with Gasteiger partial charge in [-0.15, -0.1) is 0 Å². The van der Waals surface area contributed by atoms with Gasteiger partial charge in [0.15, 0.2) is 18.1 Å². The van der Waals surface area contributed by atoms with Crippen molar-refractivity contribution in [1.29, 1.82) is 0 Å². The smallest absolute Gasteiger partial charge is 0.341 e. The molecular formula is C20H17NO7S. The van der Waals surface area contributed by atoms with Crippen LogP contribution >= 0.6 is 11.8 Å². The van der Waals surface area contributed by atoms with E-state index in [1.54, 1.807) is 42.5 Å². The molecule has 8 nitrogen and oxygen atoms in total. The lowest BCUT2D eigenvalue weighted by Crippen LogP contribution is -2.28. The van der Waals surface area contributed by atoms with E-state index in [1.807, 2.05) is 0 Å². The Hall–Kier alpha value is -3.46. The van der Waals surface area contributed by atoms with Crippen molar-refractivity contribution >= 4 is 40.6 Å². The average Bonchev–Trinajstić information content (AvgIpc) is 2.99. The monoisotopic (exact) mass is 415 g/mol. The topological polar surface area (TPSA) is 102 Å². The van der Waals surface area contributed by atoms with E-state index < -0.39 is 23.7 Å². The van der Waals surface area contributed by atoms with Gasteiger partial charge in [0.2, 0.25) is 0 Å². The molecule has 0 saturated carbocycles. The SMILES string of the molecule is COc1cc(/C=C2\SC(=O)N(c3ccccc3OC)C2=O)ccc1OCC(=O)O. The number of ether oxygens (including phenoxy) is 3. The van der Waals surface area contributed by atoms with Crippen molar-refractivity contribution in [3.8, 4) is 17.2 Å². The first-order chi connectivity index (χ1) is 13.9. The zero-order valence-corrected chi connectivity index (χ0v) is 16.4. The van der Waals surface area contributed by atoms with E-state index in [0.29, 0.717) is 22.7 Å². The number of carbonyl (C=O) groups excluding carboxylic acids is 2. The average molecular weight is 415 g/mol. The number of methoxy groups -OCH3 is 2. The Morgan fingerprint density at radius 1 is 1.07 bits per heavy atom. The van der Waals surface area contributed by atoms with E-state index in [2.05, 4.69) is 0 Å². The van der Waals surface area contributed by atoms with E-state index >= 15 is 0 Å². The van der Waals surface area contributed by atoms with Crippen LogP contribution in [0.5, 0.6) is 17.2 Å². The van der Waals surface area contributed by atoms with Crippen molar-refractivity contribution in [3.05, 3.63) is 52.9 Å². The van der Waals surface area contributed by atoms with Gasteiger partial charge in [-0.05, 0) is 47.7 Å². The lowest BCUT2D eigenvalue weighted by atomic mass is 10.1. The summed E-state index contributed by atoms with van der Waals surface area (Å²) < 4.78 is 15.6. The van der Waals surface area contributed by atoms with Gasteiger partial charge in [0.1, 0.15) is 5.75 Å². The Morgan fingerprint density at radius 3 is 2.48 bits per heavy atom. The van der Waals surface area contributed by atoms with Crippen molar-refractivity contribution in [2.24, 2.45) is 0 Å². The molecule has 2 aromatic rings. The van der Waals surface area contributed by atoms with Crippen molar-refractivity contribution in [3.63, 3.8) is 0 Å². The molecule has 29 heavy (non-hydrogen) atoms. The molecule has 1 N–H and O–H groups in total. The molecular weight excluding hydrogens is 398 g/mol. The van der Waals surface area contributed by atoms with Crippen LogP contribution in [0, 0.1) is 0 Å². The number of carboxylic acid groups (broad SMARTS) is 1. The van der Waals surface area contributed by atoms with E-state index in [-0.39, 0.29) is 10.7 Å². The fourth-order valence-electron chi connectivity index (χ4n) is 2.67. The number of carboxylic acids is 1. The van der Waals surface area contributed by atoms with Gasteiger partial charge >= 0.3 is 5.97 Å². The highest BCUT2D eigenvalue weighted by atomic mass is 32.2. The zero-order chi connectivity index (χ0) is 21.0. The summed E-state index contributed by atoms with van der Waals surface area (Å²) in [7, 11) is 2.89. The van der Waals surface area contributed by atoms with E-state index in [4.69, 9.17) is 19.3 Å². The van der Waals surface area contributed by atoms with Gasteiger partial charge in [-0.3, -0.25) is 9.59 Å². The number of anilines is 1. The lowest BCUT2D eigenvalue weighted by Gasteiger charge is -2.15. The van der Waals surface area contributed by atoms with E-state index in [0.717, 1.165) is 16.7 Å². The van der Waals surface area contributed by atoms with Crippen LogP contribution in [-0.2, 0) is 9.59 Å². The van der Waals surface area contributed by atoms with Crippen LogP contribution in [0.1, 0.15) is 5.56 Å². The molecule has 1 aliphatic heterocycles. The first-order valence-corrected chi connectivity index (χ1v) is 9.20. The number of hydrogen-bond donors (Lipinski definition) is 1. The molecule has 0 bridgehead atoms. The molecule has 1 fully saturated rings. The molecule has 1 heterocycles. The summed E-state index contributed by atoms with van der Waals surface area (Å²) in [6.45, 7) is -0.506. The van der Waals surface area contributed by atoms with Crippen LogP contribution in [0.25, 0.3) is 6.08 Å². The number of para-hydroxylation sites is 2. The molecule has 0 spiro atoms. The molecule has 0 atom stereocenters. The third-order valence-corrected chi connectivity index (χ3v) is 4.83. The molecule has 2 aromatic carbocycles. The number of hydrogen-bond acceptors (Lipinski definition) is 7. The normalized spacial score (nSPS) is 15.0. The predicted molar refractivity (Wildman–Crippen MR) is 108 cm³/mol. The third-order valence-electron chi connectivity index (χ3n) is 3.96. The summed E-state index contributed by atoms with van der Waals surface area (Å²) >= 11 is 0.816. The van der Waals surface area contributed by atoms with Crippen molar-refractivity contribution in [2.75, 3.05) is 25.7 Å². The minimum absolute atomic E-state index is 0.238. The first-order valence-electron chi connectivity index (χ1n) is 8.38. The van der Waals surface area contributed by atoms with Gasteiger partial charge in [-0.1, -0.05) is 18.2 Å². The minimum atomic E-state index is -1.11. The van der Waals surface area contributed by atoms with Gasteiger partial charge in [-0.25, -0.2) is 9.69 Å². The summed E-state index contributed by atoms with van der Waals surface area (Å²) in [4.78, 5) is 37.3. The Morgan fingerprint density at radius 2 is 1.79 bits per heavy atom. The maximum absolute atomic E-state index is 12.8. The summed E-state index contributed by atoms with van der Waals surface area (Å²) in [6, 6.07) is 11.5. The molecule has 3 rings (SSSR count). The van der Waals surface area contributed by atoms with Gasteiger partial charge in [0.25, 0.3) is 11.1 Å². The number of thioether (sulfide) groups is 1. The van der Waals surface area contributed by atoms with Crippen molar-refractivity contribution in [2.45, 2.75) is 0 Å². The van der Waals surface area contributed by atoms with Crippen LogP contribution in [-0.4, -0.2) is 43.0 Å². The van der Waals surface area contributed by atoms with Crippen LogP contribution in [0.2, 0.25) is 0 Å². The number of imide groups is 1. The summed E-state index contributed by atoms with van der Waals surface area (Å²) in [6.07, 6.45) is 1.56. The second kappa shape index (κ2) is 8.70. The van der Waals surface area contributed by atoms with Crippen molar-refractivity contribution in [1.82, 2.24) is 0 Å². The number of carbonyl (C=O) groups is 3. The van der Waals surface area contributed by atoms with Crippen LogP contribution in [0.15, 0.2) is 47.4 Å². The second-order valence-electron chi connectivity index (χ2n) is 5.78. The van der Waals surface area contributed by atoms with E-state index in [1.165, 1.54) is 20.3 Å². The number of amides is 2. The Balaban J connectivity index is 1.88. The highest BCUT2D eigenvalue weighted by Crippen LogP contribution is 2.40. The van der Waals surface area contributed by atoms with Gasteiger partial charge < -0.3 is 19.3 Å². The number of benzene rings is 2. The number of nitrogens with zero attached hydrogens (tertiary/aromatic N) is 1. The second-order valence-corrected chi connectivity index (χ2v) is 6.77. The molecule has 2 amide bonds. The van der Waals surface area contributed by atoms with Gasteiger partial charge in [0.05, 0.1) is 24.8 Å². The van der Waals surface area contributed by atoms with Crippen molar-refractivity contribution < 1.29 is 33.7 Å². The van der Waals surface area contributed by atoms with Gasteiger partial charge in [0, 0.05) is 0 Å². The molecule has 0 unspecified atom stereocenters. The highest BCUT2D eigenvalue weighted by Gasteiger charge is 2.37. The summed E-state index contributed by atoms with van der Waals surface area (Å²) in [5.41, 5.74) is 0.964. The fourth-order valence-corrected chi connectivity index (χ4v) is 3.51. The Labute approximate surface area is 170 Å². The molecule has 1 aliphatic rings. The number of aliphatic carboxylic acids is 1. The third kappa shape index (κ3) is 4.35. The van der Waals surface area contributed by atoms with Crippen LogP contribution < -0.4 is 19.1 Å². The Bertz CT molecular complexity index is 1000. The summed E-state index contributed by atoms with van der Waals surface area (Å²) in [5, 5.41) is 8.30. The Kier molecular flexibility index (Phi) is 6.08. The maximum atomic E-state index is 12.8. The fraction of sp³-hybridized carbons (Fsp3) is 0.150. The maximum Gasteiger partial charge on any atom is 0.341 e. The zero-order valence-electron chi connectivity index (χ0n) is 15.6. The standard InChI is InChI=1S/C20H17NO7S/c1-26-14-6-4-3-5-13(14)21-19(24)17(29-20(21)25)10-12-7-8-15(16(9-12)27-2)28-11-18(22)23/h3-10H,11H2,1-2H3,(H,22,23)/b17-10-. The largest absolute Gasteiger partial charge is 0.495 e. The molecule has 9 heteroatoms. The molecule has 0 aliphatic carbocycles. The van der Waals surface area contributed by atoms with Crippen LogP contribution in [0.3, 0.4) is 0 Å².